The molecule has 204 valence electrons. The number of fused-ring (bicyclic) bond motifs is 1. The second kappa shape index (κ2) is 10.9. The number of carbonyl (C=O) groups is 1. The van der Waals surface area contributed by atoms with Crippen LogP contribution in [-0.4, -0.2) is 28.5 Å². The average molecular weight is 555 g/mol. The van der Waals surface area contributed by atoms with Gasteiger partial charge in [0.05, 0.1) is 29.2 Å². The molecule has 0 saturated carbocycles. The van der Waals surface area contributed by atoms with Gasteiger partial charge in [0.1, 0.15) is 11.3 Å². The van der Waals surface area contributed by atoms with E-state index in [2.05, 4.69) is 10.0 Å². The molecule has 5 rings (SSSR count). The Morgan fingerprint density at radius 2 is 1.60 bits per heavy atom. The number of hydrogen-bond acceptors (Lipinski definition) is 6. The van der Waals surface area contributed by atoms with Crippen LogP contribution in [0.1, 0.15) is 44.3 Å². The van der Waals surface area contributed by atoms with Crippen molar-refractivity contribution in [1.29, 1.82) is 0 Å². The van der Waals surface area contributed by atoms with E-state index in [1.54, 1.807) is 43.4 Å². The highest BCUT2D eigenvalue weighted by atomic mass is 32.2. The molecule has 4 aromatic carbocycles. The van der Waals surface area contributed by atoms with Crippen molar-refractivity contribution in [3.8, 4) is 0 Å². The monoisotopic (exact) mass is 554 g/mol. The minimum atomic E-state index is -3.95. The van der Waals surface area contributed by atoms with Crippen molar-refractivity contribution < 1.29 is 22.4 Å². The molecule has 0 spiro atoms. The van der Waals surface area contributed by atoms with Gasteiger partial charge in [0.2, 0.25) is 0 Å². The van der Waals surface area contributed by atoms with Gasteiger partial charge in [-0.2, -0.15) is 0 Å². The van der Waals surface area contributed by atoms with E-state index in [0.717, 1.165) is 22.3 Å². The van der Waals surface area contributed by atoms with Gasteiger partial charge >= 0.3 is 5.97 Å². The van der Waals surface area contributed by atoms with E-state index in [-0.39, 0.29) is 4.90 Å². The molecule has 0 aliphatic rings. The third-order valence-electron chi connectivity index (χ3n) is 7.00. The Balaban J connectivity index is 1.77. The predicted octanol–water partition coefficient (Wildman–Crippen LogP) is 6.86. The number of hydrogen-bond donors (Lipinski definition) is 2. The molecule has 7 nitrogen and oxygen atoms in total. The molecule has 2 N–H and O–H groups in total. The lowest BCUT2D eigenvalue weighted by Gasteiger charge is -2.21. The van der Waals surface area contributed by atoms with Crippen molar-refractivity contribution in [1.82, 2.24) is 0 Å². The first-order valence-corrected chi connectivity index (χ1v) is 14.3. The molecular formula is C32H30N2O5S. The molecule has 1 heterocycles. The van der Waals surface area contributed by atoms with E-state index in [1.165, 1.54) is 7.11 Å². The topological polar surface area (TPSA) is 97.6 Å². The predicted molar refractivity (Wildman–Crippen MR) is 158 cm³/mol. The minimum Gasteiger partial charge on any atom is -0.465 e. The standard InChI is InChI=1S/C32H30N2O5S/c1-20-13-16-23(17-14-20)40(36,37)34-30-25-11-7-8-12-28(25)39-31(30)29(24-10-6-5-9-21(24)2)22-15-18-27(33-3)26(19-22)32(35)38-4/h5-19,29,33-34H,1-4H3/t29-/m0/s1. The van der Waals surface area contributed by atoms with E-state index in [4.69, 9.17) is 9.15 Å². The highest BCUT2D eigenvalue weighted by Crippen LogP contribution is 2.44. The van der Waals surface area contributed by atoms with Crippen LogP contribution >= 0.6 is 0 Å². The van der Waals surface area contributed by atoms with Crippen molar-refractivity contribution in [2.24, 2.45) is 0 Å². The summed E-state index contributed by atoms with van der Waals surface area (Å²) in [6, 6.07) is 27.3. The van der Waals surface area contributed by atoms with Crippen LogP contribution in [0, 0.1) is 13.8 Å². The van der Waals surface area contributed by atoms with Crippen molar-refractivity contribution >= 4 is 38.3 Å². The van der Waals surface area contributed by atoms with Crippen molar-refractivity contribution in [2.45, 2.75) is 24.7 Å². The number of furan rings is 1. The van der Waals surface area contributed by atoms with Gasteiger partial charge in [-0.15, -0.1) is 0 Å². The van der Waals surface area contributed by atoms with Gasteiger partial charge < -0.3 is 14.5 Å². The van der Waals surface area contributed by atoms with E-state index >= 15 is 0 Å². The first kappa shape index (κ1) is 27.0. The molecule has 0 aliphatic heterocycles. The third kappa shape index (κ3) is 5.05. The summed E-state index contributed by atoms with van der Waals surface area (Å²) in [6.45, 7) is 3.89. The number of nitrogens with one attached hydrogen (secondary N) is 2. The van der Waals surface area contributed by atoms with Gasteiger partial charge in [-0.25, -0.2) is 13.2 Å². The zero-order valence-corrected chi connectivity index (χ0v) is 23.5. The molecule has 0 amide bonds. The van der Waals surface area contributed by atoms with E-state index in [0.29, 0.717) is 33.7 Å². The highest BCUT2D eigenvalue weighted by molar-refractivity contribution is 7.92. The Hall–Kier alpha value is -4.56. The summed E-state index contributed by atoms with van der Waals surface area (Å²) in [4.78, 5) is 12.9. The summed E-state index contributed by atoms with van der Waals surface area (Å²) in [7, 11) is -0.881. The molecule has 8 heteroatoms. The first-order chi connectivity index (χ1) is 19.2. The van der Waals surface area contributed by atoms with Crippen molar-refractivity contribution in [3.63, 3.8) is 0 Å². The van der Waals surface area contributed by atoms with Crippen LogP contribution in [0.5, 0.6) is 0 Å². The van der Waals surface area contributed by atoms with E-state index in [1.807, 2.05) is 68.4 Å². The maximum Gasteiger partial charge on any atom is 0.339 e. The number of anilines is 2. The van der Waals surface area contributed by atoms with E-state index < -0.39 is 21.9 Å². The van der Waals surface area contributed by atoms with Crippen LogP contribution in [-0.2, 0) is 14.8 Å². The fourth-order valence-corrected chi connectivity index (χ4v) is 6.00. The van der Waals surface area contributed by atoms with Crippen LogP contribution in [0.4, 0.5) is 11.4 Å². The van der Waals surface area contributed by atoms with E-state index in [9.17, 15) is 13.2 Å². The van der Waals surface area contributed by atoms with Gasteiger partial charge in [-0.1, -0.05) is 60.2 Å². The normalized spacial score (nSPS) is 12.2. The summed E-state index contributed by atoms with van der Waals surface area (Å²) >= 11 is 0. The SMILES string of the molecule is CNc1ccc([C@@H](c2ccccc2C)c2oc3ccccc3c2NS(=O)(=O)c2ccc(C)cc2)cc1C(=O)OC. The number of sulfonamides is 1. The molecule has 40 heavy (non-hydrogen) atoms. The molecule has 0 saturated heterocycles. The highest BCUT2D eigenvalue weighted by Gasteiger charge is 2.30. The summed E-state index contributed by atoms with van der Waals surface area (Å²) in [5.74, 6) is -0.613. The van der Waals surface area contributed by atoms with Gasteiger partial charge in [-0.3, -0.25) is 4.72 Å². The molecule has 1 aromatic heterocycles. The van der Waals surface area contributed by atoms with Gasteiger partial charge in [0, 0.05) is 18.1 Å². The van der Waals surface area contributed by atoms with Crippen molar-refractivity contribution in [3.05, 3.63) is 125 Å². The minimum absolute atomic E-state index is 0.146. The maximum atomic E-state index is 13.6. The number of aryl methyl sites for hydroxylation is 2. The second-order valence-corrected chi connectivity index (χ2v) is 11.3. The fraction of sp³-hybridized carbons (Fsp3) is 0.156. The molecule has 5 aromatic rings. The van der Waals surface area contributed by atoms with Gasteiger partial charge in [0.15, 0.2) is 0 Å². The number of benzene rings is 4. The lowest BCUT2D eigenvalue weighted by Crippen LogP contribution is -2.16. The van der Waals surface area contributed by atoms with Crippen LogP contribution in [0.2, 0.25) is 0 Å². The van der Waals surface area contributed by atoms with Crippen LogP contribution in [0.25, 0.3) is 11.0 Å². The third-order valence-corrected chi connectivity index (χ3v) is 8.37. The number of carbonyl (C=O) groups excluding carboxylic acids is 1. The smallest absolute Gasteiger partial charge is 0.339 e. The molecule has 0 aliphatic carbocycles. The average Bonchev–Trinajstić information content (AvgIpc) is 3.31. The lowest BCUT2D eigenvalue weighted by atomic mass is 9.85. The summed E-state index contributed by atoms with van der Waals surface area (Å²) < 4.78 is 41.6. The zero-order valence-electron chi connectivity index (χ0n) is 22.7. The lowest BCUT2D eigenvalue weighted by molar-refractivity contribution is 0.0601. The second-order valence-electron chi connectivity index (χ2n) is 9.59. The quantitative estimate of drug-likeness (QED) is 0.203. The number of methoxy groups -OCH3 is 1. The van der Waals surface area contributed by atoms with Crippen molar-refractivity contribution in [2.75, 3.05) is 24.2 Å². The largest absolute Gasteiger partial charge is 0.465 e. The first-order valence-electron chi connectivity index (χ1n) is 12.8. The number of rotatable bonds is 8. The van der Waals surface area contributed by atoms with Crippen LogP contribution in [0.15, 0.2) is 100 Å². The molecular weight excluding hydrogens is 524 g/mol. The summed E-state index contributed by atoms with van der Waals surface area (Å²) in [6.07, 6.45) is 0. The van der Waals surface area contributed by atoms with Gasteiger partial charge in [-0.05, 0) is 66.9 Å². The Bertz CT molecular complexity index is 1810. The number of para-hydroxylation sites is 1. The molecule has 0 bridgehead atoms. The Morgan fingerprint density at radius 3 is 2.30 bits per heavy atom. The molecule has 1 atom stereocenters. The van der Waals surface area contributed by atoms with Crippen LogP contribution in [0.3, 0.4) is 0 Å². The number of esters is 1. The maximum absolute atomic E-state index is 13.6. The Labute approximate surface area is 233 Å². The Kier molecular flexibility index (Phi) is 7.36. The van der Waals surface area contributed by atoms with Gasteiger partial charge in [0.25, 0.3) is 10.0 Å². The molecule has 0 radical (unpaired) electrons. The fourth-order valence-electron chi connectivity index (χ4n) is 4.90. The molecule has 0 fully saturated rings. The van der Waals surface area contributed by atoms with Crippen LogP contribution < -0.4 is 10.0 Å². The Morgan fingerprint density at radius 1 is 0.900 bits per heavy atom. The summed E-state index contributed by atoms with van der Waals surface area (Å²) in [5, 5.41) is 3.67. The zero-order chi connectivity index (χ0) is 28.4. The summed E-state index contributed by atoms with van der Waals surface area (Å²) in [5.41, 5.74) is 5.45. The number of ether oxygens (including phenoxy) is 1. The molecule has 0 unspecified atom stereocenters.